The van der Waals surface area contributed by atoms with Gasteiger partial charge in [0.15, 0.2) is 0 Å². The molecule has 3 aliphatic heterocycles. The van der Waals surface area contributed by atoms with Gasteiger partial charge in [0.1, 0.15) is 11.9 Å². The summed E-state index contributed by atoms with van der Waals surface area (Å²) in [5, 5.41) is 9.83. The Morgan fingerprint density at radius 1 is 1.15 bits per heavy atom. The number of carboxylic acids is 1. The molecule has 146 valence electrons. The second-order valence-corrected chi connectivity index (χ2v) is 7.93. The highest BCUT2D eigenvalue weighted by molar-refractivity contribution is 5.79. The molecular weight excluding hydrogens is 349 g/mol. The van der Waals surface area contributed by atoms with Crippen molar-refractivity contribution in [3.05, 3.63) is 29.6 Å². The van der Waals surface area contributed by atoms with Crippen LogP contribution in [0.5, 0.6) is 0 Å². The molecular formula is C20H26FN3O3. The number of hydrogen-bond donors (Lipinski definition) is 1. The molecule has 27 heavy (non-hydrogen) atoms. The van der Waals surface area contributed by atoms with Gasteiger partial charge in [0, 0.05) is 50.4 Å². The van der Waals surface area contributed by atoms with Crippen molar-refractivity contribution >= 4 is 17.6 Å². The van der Waals surface area contributed by atoms with Crippen LogP contribution in [-0.2, 0) is 9.59 Å². The van der Waals surface area contributed by atoms with Gasteiger partial charge in [-0.25, -0.2) is 9.18 Å². The molecule has 3 saturated heterocycles. The lowest BCUT2D eigenvalue weighted by Crippen LogP contribution is -2.59. The Hall–Kier alpha value is -2.15. The highest BCUT2D eigenvalue weighted by atomic mass is 19.1. The van der Waals surface area contributed by atoms with E-state index in [1.165, 1.54) is 12.1 Å². The number of halogens is 1. The van der Waals surface area contributed by atoms with Crippen LogP contribution >= 0.6 is 0 Å². The normalized spacial score (nSPS) is 29.1. The van der Waals surface area contributed by atoms with Gasteiger partial charge in [0.25, 0.3) is 0 Å². The number of benzene rings is 1. The first-order valence-corrected chi connectivity index (χ1v) is 9.73. The number of anilines is 1. The van der Waals surface area contributed by atoms with Crippen molar-refractivity contribution in [2.75, 3.05) is 31.1 Å². The van der Waals surface area contributed by atoms with Crippen molar-refractivity contribution < 1.29 is 19.1 Å². The number of carboxylic acid groups (broad SMARTS) is 1. The van der Waals surface area contributed by atoms with Crippen LogP contribution in [-0.4, -0.2) is 71.1 Å². The number of amides is 1. The molecule has 0 radical (unpaired) electrons. The first kappa shape index (κ1) is 18.2. The molecule has 4 rings (SSSR count). The van der Waals surface area contributed by atoms with E-state index in [2.05, 4.69) is 4.90 Å². The maximum absolute atomic E-state index is 13.4. The molecule has 1 aromatic carbocycles. The first-order chi connectivity index (χ1) is 12.9. The number of aryl methyl sites for hydroxylation is 1. The summed E-state index contributed by atoms with van der Waals surface area (Å²) in [5.74, 6) is -0.884. The minimum atomic E-state index is -0.835. The lowest BCUT2D eigenvalue weighted by Gasteiger charge is -2.47. The van der Waals surface area contributed by atoms with Gasteiger partial charge in [0.2, 0.25) is 5.91 Å². The van der Waals surface area contributed by atoms with Crippen molar-refractivity contribution in [2.45, 2.75) is 50.7 Å². The number of piperidine rings is 1. The number of hydrogen-bond acceptors (Lipinski definition) is 4. The third-order valence-electron chi connectivity index (χ3n) is 6.37. The molecule has 2 unspecified atom stereocenters. The van der Waals surface area contributed by atoms with Crippen LogP contribution in [0, 0.1) is 12.7 Å². The van der Waals surface area contributed by atoms with Crippen LogP contribution in [0.3, 0.4) is 0 Å². The Morgan fingerprint density at radius 2 is 1.96 bits per heavy atom. The van der Waals surface area contributed by atoms with Crippen LogP contribution in [0.25, 0.3) is 0 Å². The summed E-state index contributed by atoms with van der Waals surface area (Å²) < 4.78 is 13.4. The van der Waals surface area contributed by atoms with E-state index >= 15 is 0 Å². The molecule has 1 aromatic rings. The van der Waals surface area contributed by atoms with E-state index in [0.717, 1.165) is 43.7 Å². The molecule has 1 N–H and O–H groups in total. The van der Waals surface area contributed by atoms with Gasteiger partial charge in [0.05, 0.1) is 0 Å². The zero-order valence-electron chi connectivity index (χ0n) is 15.6. The van der Waals surface area contributed by atoms with E-state index < -0.39 is 12.0 Å². The first-order valence-electron chi connectivity index (χ1n) is 9.73. The van der Waals surface area contributed by atoms with E-state index in [1.807, 2.05) is 16.7 Å². The van der Waals surface area contributed by atoms with E-state index in [1.54, 1.807) is 6.07 Å². The smallest absolute Gasteiger partial charge is 0.326 e. The number of carbonyl (C=O) groups excluding carboxylic acids is 1. The number of rotatable bonds is 3. The summed E-state index contributed by atoms with van der Waals surface area (Å²) in [5.41, 5.74) is 1.56. The number of carbonyl (C=O) groups is 2. The highest BCUT2D eigenvalue weighted by Crippen LogP contribution is 2.32. The van der Waals surface area contributed by atoms with Crippen molar-refractivity contribution in [3.63, 3.8) is 0 Å². The third kappa shape index (κ3) is 3.40. The minimum absolute atomic E-state index is 0.209. The quantitative estimate of drug-likeness (QED) is 0.874. The van der Waals surface area contributed by atoms with E-state index in [9.17, 15) is 19.1 Å². The summed E-state index contributed by atoms with van der Waals surface area (Å²) in [7, 11) is 0. The largest absolute Gasteiger partial charge is 0.480 e. The molecule has 3 fully saturated rings. The molecule has 0 saturated carbocycles. The molecule has 6 nitrogen and oxygen atoms in total. The van der Waals surface area contributed by atoms with E-state index in [4.69, 9.17) is 0 Å². The predicted molar refractivity (Wildman–Crippen MR) is 99.2 cm³/mol. The fourth-order valence-corrected chi connectivity index (χ4v) is 4.96. The monoisotopic (exact) mass is 375 g/mol. The van der Waals surface area contributed by atoms with E-state index in [-0.39, 0.29) is 23.8 Å². The van der Waals surface area contributed by atoms with Crippen molar-refractivity contribution in [3.8, 4) is 0 Å². The zero-order chi connectivity index (χ0) is 19.1. The fraction of sp³-hybridized carbons (Fsp3) is 0.600. The summed E-state index contributed by atoms with van der Waals surface area (Å²) in [6.45, 7) is 4.86. The molecule has 0 aromatic heterocycles. The minimum Gasteiger partial charge on any atom is -0.480 e. The second kappa shape index (κ2) is 7.11. The Kier molecular flexibility index (Phi) is 4.80. The van der Waals surface area contributed by atoms with Crippen LogP contribution in [0.4, 0.5) is 10.1 Å². The molecule has 3 aliphatic rings. The standard InChI is InChI=1S/C20H26FN3O3/c1-13-10-14(21)2-4-17(13)24-7-6-15(11-18(24)20(26)27)22-8-9-23-16(12-22)3-5-19(23)25/h2,4,10,15-16,18H,3,5-9,11-12H2,1H3,(H,26,27)/t15?,16-,18?/m1/s1. The Bertz CT molecular complexity index is 756. The Balaban J connectivity index is 1.48. The topological polar surface area (TPSA) is 64.1 Å². The lowest BCUT2D eigenvalue weighted by atomic mass is 9.93. The van der Waals surface area contributed by atoms with Gasteiger partial charge in [-0.2, -0.15) is 0 Å². The molecule has 0 aliphatic carbocycles. The van der Waals surface area contributed by atoms with Crippen LogP contribution in [0.2, 0.25) is 0 Å². The molecule has 0 spiro atoms. The molecule has 3 atom stereocenters. The van der Waals surface area contributed by atoms with Crippen molar-refractivity contribution in [1.29, 1.82) is 0 Å². The molecule has 1 amide bonds. The van der Waals surface area contributed by atoms with Crippen molar-refractivity contribution in [2.24, 2.45) is 0 Å². The molecule has 3 heterocycles. The Labute approximate surface area is 158 Å². The van der Waals surface area contributed by atoms with Gasteiger partial charge in [-0.3, -0.25) is 9.69 Å². The highest BCUT2D eigenvalue weighted by Gasteiger charge is 2.41. The fourth-order valence-electron chi connectivity index (χ4n) is 4.96. The Morgan fingerprint density at radius 3 is 2.70 bits per heavy atom. The van der Waals surface area contributed by atoms with Gasteiger partial charge >= 0.3 is 5.97 Å². The summed E-state index contributed by atoms with van der Waals surface area (Å²) in [6.07, 6.45) is 2.97. The van der Waals surface area contributed by atoms with Crippen LogP contribution in [0.1, 0.15) is 31.2 Å². The number of piperazine rings is 1. The number of fused-ring (bicyclic) bond motifs is 1. The zero-order valence-corrected chi connectivity index (χ0v) is 15.6. The summed E-state index contributed by atoms with van der Waals surface area (Å²) in [6, 6.07) is 4.41. The average Bonchev–Trinajstić information content (AvgIpc) is 3.02. The predicted octanol–water partition coefficient (Wildman–Crippen LogP) is 1.86. The van der Waals surface area contributed by atoms with Crippen LogP contribution < -0.4 is 4.90 Å². The summed E-state index contributed by atoms with van der Waals surface area (Å²) >= 11 is 0. The van der Waals surface area contributed by atoms with Crippen molar-refractivity contribution in [1.82, 2.24) is 9.80 Å². The van der Waals surface area contributed by atoms with Gasteiger partial charge in [-0.05, 0) is 49.9 Å². The number of aliphatic carboxylic acids is 1. The van der Waals surface area contributed by atoms with Crippen LogP contribution in [0.15, 0.2) is 18.2 Å². The molecule has 0 bridgehead atoms. The lowest BCUT2D eigenvalue weighted by molar-refractivity contribution is -0.139. The summed E-state index contributed by atoms with van der Waals surface area (Å²) in [4.78, 5) is 30.1. The van der Waals surface area contributed by atoms with E-state index in [0.29, 0.717) is 19.4 Å². The van der Waals surface area contributed by atoms with Gasteiger partial charge < -0.3 is 14.9 Å². The second-order valence-electron chi connectivity index (χ2n) is 7.93. The average molecular weight is 375 g/mol. The SMILES string of the molecule is Cc1cc(F)ccc1N1CCC(N2CCN3C(=O)CC[C@@H]3C2)CC1C(=O)O. The maximum atomic E-state index is 13.4. The van der Waals surface area contributed by atoms with Gasteiger partial charge in [-0.15, -0.1) is 0 Å². The third-order valence-corrected chi connectivity index (χ3v) is 6.37. The molecule has 7 heteroatoms. The number of nitrogens with zero attached hydrogens (tertiary/aromatic N) is 3. The maximum Gasteiger partial charge on any atom is 0.326 e. The van der Waals surface area contributed by atoms with Gasteiger partial charge in [-0.1, -0.05) is 0 Å².